The third-order valence-electron chi connectivity index (χ3n) is 6.09. The summed E-state index contributed by atoms with van der Waals surface area (Å²) in [6, 6.07) is 10.1. The molecule has 0 radical (unpaired) electrons. The number of fused-ring (bicyclic) bond motifs is 1. The molecule has 6 nitrogen and oxygen atoms in total. The largest absolute Gasteiger partial charge is 0.491 e. The van der Waals surface area contributed by atoms with Gasteiger partial charge in [-0.05, 0) is 60.9 Å². The second-order valence-electron chi connectivity index (χ2n) is 8.80. The van der Waals surface area contributed by atoms with Crippen LogP contribution in [-0.4, -0.2) is 73.4 Å². The fourth-order valence-corrected chi connectivity index (χ4v) is 5.36. The van der Waals surface area contributed by atoms with E-state index in [0.717, 1.165) is 43.5 Å². The van der Waals surface area contributed by atoms with Gasteiger partial charge in [-0.2, -0.15) is 0 Å². The zero-order valence-corrected chi connectivity index (χ0v) is 21.0. The summed E-state index contributed by atoms with van der Waals surface area (Å²) in [5, 5.41) is 12.5. The van der Waals surface area contributed by atoms with E-state index >= 15 is 0 Å². The van der Waals surface area contributed by atoms with Gasteiger partial charge in [0.05, 0.1) is 18.7 Å². The van der Waals surface area contributed by atoms with E-state index in [2.05, 4.69) is 23.3 Å². The van der Waals surface area contributed by atoms with Crippen LogP contribution in [0.15, 0.2) is 35.7 Å². The van der Waals surface area contributed by atoms with E-state index < -0.39 is 6.10 Å². The lowest BCUT2D eigenvalue weighted by molar-refractivity contribution is -0.136. The maximum absolute atomic E-state index is 13.5. The summed E-state index contributed by atoms with van der Waals surface area (Å²) in [6.45, 7) is 7.40. The summed E-state index contributed by atoms with van der Waals surface area (Å²) in [4.78, 5) is 18.9. The average molecular weight is 475 g/mol. The van der Waals surface area contributed by atoms with E-state index in [0.29, 0.717) is 32.8 Å². The Kier molecular flexibility index (Phi) is 10.2. The van der Waals surface area contributed by atoms with Crippen molar-refractivity contribution in [3.8, 4) is 5.75 Å². The van der Waals surface area contributed by atoms with Crippen molar-refractivity contribution in [3.05, 3.63) is 51.7 Å². The lowest BCUT2D eigenvalue weighted by Crippen LogP contribution is -2.48. The first-order valence-corrected chi connectivity index (χ1v) is 12.8. The highest BCUT2D eigenvalue weighted by Crippen LogP contribution is 2.34. The van der Waals surface area contributed by atoms with Crippen molar-refractivity contribution in [1.29, 1.82) is 0 Å². The number of amides is 1. The first-order valence-electron chi connectivity index (χ1n) is 12.0. The summed E-state index contributed by atoms with van der Waals surface area (Å²) in [7, 11) is 1.69. The standard InChI is InChI=1S/C26H38N2O4S/c1-4-7-21(29)17-27(12-6-14-31-3)18-26(30)28-13-10-25-23(11-15-33-25)24(28)19-32-22-9-5-8-20(2)16-22/h5,8-9,11,15-16,21,24,29H,4,6-7,10,12-14,17-19H2,1-3H3/t21-,24-/m0/s1. The summed E-state index contributed by atoms with van der Waals surface area (Å²) in [5.74, 6) is 0.916. The third-order valence-corrected chi connectivity index (χ3v) is 7.08. The number of ether oxygens (including phenoxy) is 2. The number of carbonyl (C=O) groups excluding carboxylic acids is 1. The molecule has 1 aliphatic rings. The Hall–Kier alpha value is -1.93. The van der Waals surface area contributed by atoms with Gasteiger partial charge in [0.2, 0.25) is 5.91 Å². The number of rotatable bonds is 13. The predicted octanol–water partition coefficient (Wildman–Crippen LogP) is 4.06. The molecule has 0 saturated heterocycles. The molecule has 2 aromatic rings. The van der Waals surface area contributed by atoms with Gasteiger partial charge in [0, 0.05) is 38.2 Å². The Bertz CT molecular complexity index is 871. The summed E-state index contributed by atoms with van der Waals surface area (Å²) < 4.78 is 11.4. The Balaban J connectivity index is 1.70. The molecule has 0 fully saturated rings. The van der Waals surface area contributed by atoms with E-state index in [9.17, 15) is 9.90 Å². The summed E-state index contributed by atoms with van der Waals surface area (Å²) in [6.07, 6.45) is 2.95. The van der Waals surface area contributed by atoms with Crippen LogP contribution in [0, 0.1) is 6.92 Å². The van der Waals surface area contributed by atoms with Crippen LogP contribution >= 0.6 is 11.3 Å². The highest BCUT2D eigenvalue weighted by molar-refractivity contribution is 7.10. The first-order chi connectivity index (χ1) is 16.0. The molecule has 1 N–H and O–H groups in total. The zero-order chi connectivity index (χ0) is 23.6. The van der Waals surface area contributed by atoms with Gasteiger partial charge in [-0.25, -0.2) is 0 Å². The molecule has 0 bridgehead atoms. The summed E-state index contributed by atoms with van der Waals surface area (Å²) in [5.41, 5.74) is 2.35. The molecule has 0 saturated carbocycles. The molecule has 3 rings (SSSR count). The average Bonchev–Trinajstić information content (AvgIpc) is 3.27. The lowest BCUT2D eigenvalue weighted by Gasteiger charge is -2.37. The van der Waals surface area contributed by atoms with Crippen molar-refractivity contribution in [2.45, 2.75) is 51.7 Å². The summed E-state index contributed by atoms with van der Waals surface area (Å²) >= 11 is 1.76. The quantitative estimate of drug-likeness (QED) is 0.444. The second kappa shape index (κ2) is 13.1. The highest BCUT2D eigenvalue weighted by Gasteiger charge is 2.33. The molecule has 1 aromatic carbocycles. The van der Waals surface area contributed by atoms with Gasteiger partial charge >= 0.3 is 0 Å². The number of nitrogens with zero attached hydrogens (tertiary/aromatic N) is 2. The van der Waals surface area contributed by atoms with Crippen molar-refractivity contribution in [2.75, 3.05) is 46.5 Å². The van der Waals surface area contributed by atoms with Crippen LogP contribution in [0.4, 0.5) is 0 Å². The normalized spacial score (nSPS) is 16.6. The number of aliphatic hydroxyl groups excluding tert-OH is 1. The Labute approximate surface area is 202 Å². The molecule has 7 heteroatoms. The van der Waals surface area contributed by atoms with Gasteiger partial charge in [-0.15, -0.1) is 11.3 Å². The number of aliphatic hydroxyl groups is 1. The molecule has 33 heavy (non-hydrogen) atoms. The van der Waals surface area contributed by atoms with Crippen LogP contribution in [0.1, 0.15) is 48.2 Å². The molecule has 2 heterocycles. The number of carbonyl (C=O) groups is 1. The number of hydrogen-bond donors (Lipinski definition) is 1. The SMILES string of the molecule is CCC[C@H](O)CN(CCCOC)CC(=O)N1CCc2sccc2[C@@H]1COc1cccc(C)c1. The molecule has 182 valence electrons. The van der Waals surface area contributed by atoms with Crippen LogP contribution in [0.5, 0.6) is 5.75 Å². The van der Waals surface area contributed by atoms with E-state index in [1.165, 1.54) is 10.4 Å². The fourth-order valence-electron chi connectivity index (χ4n) is 4.43. The van der Waals surface area contributed by atoms with E-state index in [1.54, 1.807) is 18.4 Å². The maximum atomic E-state index is 13.5. The van der Waals surface area contributed by atoms with Gasteiger partial charge in [-0.3, -0.25) is 9.69 Å². The van der Waals surface area contributed by atoms with Crippen LogP contribution < -0.4 is 4.74 Å². The molecule has 1 amide bonds. The number of methoxy groups -OCH3 is 1. The number of aryl methyl sites for hydroxylation is 1. The van der Waals surface area contributed by atoms with Crippen LogP contribution in [0.25, 0.3) is 0 Å². The molecule has 0 spiro atoms. The van der Waals surface area contributed by atoms with Crippen molar-refractivity contribution in [3.63, 3.8) is 0 Å². The maximum Gasteiger partial charge on any atom is 0.237 e. The predicted molar refractivity (Wildman–Crippen MR) is 133 cm³/mol. The van der Waals surface area contributed by atoms with Gasteiger partial charge in [0.1, 0.15) is 12.4 Å². The van der Waals surface area contributed by atoms with Gasteiger partial charge in [-0.1, -0.05) is 25.5 Å². The van der Waals surface area contributed by atoms with E-state index in [4.69, 9.17) is 9.47 Å². The number of benzene rings is 1. The minimum absolute atomic E-state index is 0.0887. The Morgan fingerprint density at radius 2 is 2.21 bits per heavy atom. The second-order valence-corrected chi connectivity index (χ2v) is 9.80. The highest BCUT2D eigenvalue weighted by atomic mass is 32.1. The minimum atomic E-state index is -0.421. The van der Waals surface area contributed by atoms with Crippen molar-refractivity contribution >= 4 is 17.2 Å². The van der Waals surface area contributed by atoms with Gasteiger partial charge in [0.25, 0.3) is 0 Å². The molecular weight excluding hydrogens is 436 g/mol. The topological polar surface area (TPSA) is 62.2 Å². The lowest BCUT2D eigenvalue weighted by atomic mass is 10.0. The fraction of sp³-hybridized carbons (Fsp3) is 0.577. The molecule has 0 unspecified atom stereocenters. The van der Waals surface area contributed by atoms with Crippen molar-refractivity contribution < 1.29 is 19.4 Å². The zero-order valence-electron chi connectivity index (χ0n) is 20.2. The molecule has 0 aliphatic carbocycles. The Morgan fingerprint density at radius 3 is 2.97 bits per heavy atom. The Morgan fingerprint density at radius 1 is 1.36 bits per heavy atom. The van der Waals surface area contributed by atoms with Crippen molar-refractivity contribution in [1.82, 2.24) is 9.80 Å². The molecular formula is C26H38N2O4S. The molecule has 1 aromatic heterocycles. The number of thiophene rings is 1. The van der Waals surface area contributed by atoms with E-state index in [1.807, 2.05) is 36.1 Å². The van der Waals surface area contributed by atoms with E-state index in [-0.39, 0.29) is 11.9 Å². The van der Waals surface area contributed by atoms with Crippen LogP contribution in [0.3, 0.4) is 0 Å². The monoisotopic (exact) mass is 474 g/mol. The van der Waals surface area contributed by atoms with Gasteiger partial charge < -0.3 is 19.5 Å². The smallest absolute Gasteiger partial charge is 0.237 e. The molecule has 1 aliphatic heterocycles. The van der Waals surface area contributed by atoms with Gasteiger partial charge in [0.15, 0.2) is 0 Å². The van der Waals surface area contributed by atoms with Crippen molar-refractivity contribution in [2.24, 2.45) is 0 Å². The molecule has 2 atom stereocenters. The first kappa shape index (κ1) is 25.7. The minimum Gasteiger partial charge on any atom is -0.491 e. The number of hydrogen-bond acceptors (Lipinski definition) is 6. The van der Waals surface area contributed by atoms with Crippen LogP contribution in [-0.2, 0) is 16.0 Å². The van der Waals surface area contributed by atoms with Crippen LogP contribution in [0.2, 0.25) is 0 Å². The third kappa shape index (κ3) is 7.54.